The topological polar surface area (TPSA) is 142 Å². The summed E-state index contributed by atoms with van der Waals surface area (Å²) >= 11 is 0. The Morgan fingerprint density at radius 2 is 1.62 bits per heavy atom. The third-order valence-electron chi connectivity index (χ3n) is 3.77. The molecule has 26 heavy (non-hydrogen) atoms. The second kappa shape index (κ2) is 10.5. The van der Waals surface area contributed by atoms with Crippen LogP contribution in [0.4, 0.5) is 0 Å². The predicted octanol–water partition coefficient (Wildman–Crippen LogP) is -0.351. The average Bonchev–Trinajstić information content (AvgIpc) is 2.60. The van der Waals surface area contributed by atoms with E-state index in [0.717, 1.165) is 5.56 Å². The molecule has 3 atom stereocenters. The van der Waals surface area contributed by atoms with Gasteiger partial charge in [-0.2, -0.15) is 0 Å². The van der Waals surface area contributed by atoms with Crippen molar-refractivity contribution in [1.29, 1.82) is 0 Å². The lowest BCUT2D eigenvalue weighted by Crippen LogP contribution is -2.55. The van der Waals surface area contributed by atoms with Gasteiger partial charge in [-0.15, -0.1) is 0 Å². The fourth-order valence-corrected chi connectivity index (χ4v) is 2.39. The molecule has 0 spiro atoms. The van der Waals surface area contributed by atoms with Gasteiger partial charge < -0.3 is 26.6 Å². The first-order chi connectivity index (χ1) is 12.2. The van der Waals surface area contributed by atoms with Crippen molar-refractivity contribution in [2.45, 2.75) is 44.8 Å². The van der Waals surface area contributed by atoms with E-state index in [-0.39, 0.29) is 12.3 Å². The first-order valence-electron chi connectivity index (χ1n) is 8.48. The number of nitrogens with one attached hydrogen (secondary N) is 2. The lowest BCUT2D eigenvalue weighted by atomic mass is 10.0. The molecule has 0 aliphatic rings. The SMILES string of the molecule is CC(C)CC(NC(=O)C(N)CO)C(=O)NC(Cc1ccccc1)C(=O)O. The molecular weight excluding hydrogens is 338 g/mol. The Morgan fingerprint density at radius 1 is 1.04 bits per heavy atom. The van der Waals surface area contributed by atoms with E-state index in [1.54, 1.807) is 24.3 Å². The molecule has 0 radical (unpaired) electrons. The Balaban J connectivity index is 2.83. The van der Waals surface area contributed by atoms with Crippen molar-refractivity contribution in [2.75, 3.05) is 6.61 Å². The third kappa shape index (κ3) is 7.20. The highest BCUT2D eigenvalue weighted by molar-refractivity contribution is 5.91. The molecule has 0 saturated carbocycles. The van der Waals surface area contributed by atoms with Gasteiger partial charge in [0.2, 0.25) is 11.8 Å². The minimum absolute atomic E-state index is 0.0776. The van der Waals surface area contributed by atoms with E-state index in [2.05, 4.69) is 10.6 Å². The average molecular weight is 365 g/mol. The van der Waals surface area contributed by atoms with Gasteiger partial charge in [-0.25, -0.2) is 4.79 Å². The summed E-state index contributed by atoms with van der Waals surface area (Å²) < 4.78 is 0. The Bertz CT molecular complexity index is 606. The minimum Gasteiger partial charge on any atom is -0.480 e. The molecule has 8 nitrogen and oxygen atoms in total. The fourth-order valence-electron chi connectivity index (χ4n) is 2.39. The highest BCUT2D eigenvalue weighted by Crippen LogP contribution is 2.08. The number of carboxylic acids is 1. The number of hydrogen-bond acceptors (Lipinski definition) is 5. The molecule has 6 N–H and O–H groups in total. The number of hydrogen-bond donors (Lipinski definition) is 5. The van der Waals surface area contributed by atoms with Crippen LogP contribution < -0.4 is 16.4 Å². The van der Waals surface area contributed by atoms with E-state index in [0.29, 0.717) is 6.42 Å². The highest BCUT2D eigenvalue weighted by Gasteiger charge is 2.28. The number of aliphatic carboxylic acids is 1. The monoisotopic (exact) mass is 365 g/mol. The zero-order chi connectivity index (χ0) is 19.7. The van der Waals surface area contributed by atoms with Gasteiger partial charge in [-0.1, -0.05) is 44.2 Å². The van der Waals surface area contributed by atoms with Crippen molar-refractivity contribution in [1.82, 2.24) is 10.6 Å². The number of rotatable bonds is 10. The summed E-state index contributed by atoms with van der Waals surface area (Å²) in [5.74, 6) is -2.35. The fraction of sp³-hybridized carbons (Fsp3) is 0.500. The molecule has 3 unspecified atom stereocenters. The first kappa shape index (κ1) is 21.6. The smallest absolute Gasteiger partial charge is 0.326 e. The number of aliphatic hydroxyl groups is 1. The molecule has 144 valence electrons. The van der Waals surface area contributed by atoms with Crippen LogP contribution in [-0.2, 0) is 20.8 Å². The zero-order valence-corrected chi connectivity index (χ0v) is 15.0. The van der Waals surface area contributed by atoms with Crippen LogP contribution in [0.25, 0.3) is 0 Å². The number of carbonyl (C=O) groups is 3. The second-order valence-corrected chi connectivity index (χ2v) is 6.57. The Labute approximate surface area is 152 Å². The largest absolute Gasteiger partial charge is 0.480 e. The van der Waals surface area contributed by atoms with Crippen LogP contribution in [0.15, 0.2) is 30.3 Å². The van der Waals surface area contributed by atoms with Crippen molar-refractivity contribution in [3.8, 4) is 0 Å². The molecule has 0 fully saturated rings. The van der Waals surface area contributed by atoms with Gasteiger partial charge in [0.1, 0.15) is 18.1 Å². The van der Waals surface area contributed by atoms with Crippen molar-refractivity contribution < 1.29 is 24.6 Å². The van der Waals surface area contributed by atoms with E-state index in [9.17, 15) is 19.5 Å². The van der Waals surface area contributed by atoms with Gasteiger partial charge in [-0.05, 0) is 17.9 Å². The van der Waals surface area contributed by atoms with E-state index in [4.69, 9.17) is 10.8 Å². The summed E-state index contributed by atoms with van der Waals surface area (Å²) in [5.41, 5.74) is 6.23. The van der Waals surface area contributed by atoms with Gasteiger partial charge in [0.15, 0.2) is 0 Å². The molecule has 0 saturated heterocycles. The summed E-state index contributed by atoms with van der Waals surface area (Å²) in [7, 11) is 0. The molecule has 1 rings (SSSR count). The normalized spacial score (nSPS) is 14.3. The van der Waals surface area contributed by atoms with Gasteiger partial charge in [0.25, 0.3) is 0 Å². The maximum absolute atomic E-state index is 12.5. The predicted molar refractivity (Wildman–Crippen MR) is 96.2 cm³/mol. The van der Waals surface area contributed by atoms with Crippen molar-refractivity contribution in [3.05, 3.63) is 35.9 Å². The number of nitrogens with two attached hydrogens (primary N) is 1. The number of amides is 2. The van der Waals surface area contributed by atoms with Gasteiger partial charge in [0.05, 0.1) is 6.61 Å². The lowest BCUT2D eigenvalue weighted by Gasteiger charge is -2.23. The third-order valence-corrected chi connectivity index (χ3v) is 3.77. The maximum Gasteiger partial charge on any atom is 0.326 e. The minimum atomic E-state index is -1.16. The van der Waals surface area contributed by atoms with Crippen LogP contribution in [0.2, 0.25) is 0 Å². The second-order valence-electron chi connectivity index (χ2n) is 6.57. The number of benzene rings is 1. The molecule has 0 bridgehead atoms. The van der Waals surface area contributed by atoms with Crippen molar-refractivity contribution >= 4 is 17.8 Å². The summed E-state index contributed by atoms with van der Waals surface area (Å²) in [6, 6.07) is 5.74. The summed E-state index contributed by atoms with van der Waals surface area (Å²) in [6.07, 6.45) is 0.438. The molecule has 2 amide bonds. The summed E-state index contributed by atoms with van der Waals surface area (Å²) in [6.45, 7) is 3.20. The lowest BCUT2D eigenvalue weighted by molar-refractivity contribution is -0.142. The molecule has 0 heterocycles. The van der Waals surface area contributed by atoms with E-state index < -0.39 is 42.5 Å². The molecule has 1 aromatic carbocycles. The quantitative estimate of drug-likeness (QED) is 0.384. The van der Waals surface area contributed by atoms with Crippen LogP contribution in [0.1, 0.15) is 25.8 Å². The standard InChI is InChI=1S/C18H27N3O5/c1-11(2)8-14(20-16(23)13(19)10-22)17(24)21-15(18(25)26)9-12-6-4-3-5-7-12/h3-7,11,13-15,22H,8-10,19H2,1-2H3,(H,20,23)(H,21,24)(H,25,26). The summed E-state index contributed by atoms with van der Waals surface area (Å²) in [4.78, 5) is 35.9. The molecular formula is C18H27N3O5. The molecule has 0 aromatic heterocycles. The van der Waals surface area contributed by atoms with Gasteiger partial charge in [0, 0.05) is 6.42 Å². The van der Waals surface area contributed by atoms with Crippen LogP contribution in [0.3, 0.4) is 0 Å². The number of carboxylic acid groups (broad SMARTS) is 1. The van der Waals surface area contributed by atoms with Crippen molar-refractivity contribution in [2.24, 2.45) is 11.7 Å². The van der Waals surface area contributed by atoms with E-state index in [1.165, 1.54) is 0 Å². The molecule has 1 aromatic rings. The van der Waals surface area contributed by atoms with E-state index >= 15 is 0 Å². The van der Waals surface area contributed by atoms with E-state index in [1.807, 2.05) is 19.9 Å². The van der Waals surface area contributed by atoms with Crippen LogP contribution in [0.5, 0.6) is 0 Å². The van der Waals surface area contributed by atoms with Crippen LogP contribution in [0, 0.1) is 5.92 Å². The maximum atomic E-state index is 12.5. The number of aliphatic hydroxyl groups excluding tert-OH is 1. The van der Waals surface area contributed by atoms with Gasteiger partial charge >= 0.3 is 5.97 Å². The molecule has 0 aliphatic heterocycles. The Kier molecular flexibility index (Phi) is 8.74. The van der Waals surface area contributed by atoms with Crippen LogP contribution >= 0.6 is 0 Å². The highest BCUT2D eigenvalue weighted by atomic mass is 16.4. The Hall–Kier alpha value is -2.45. The zero-order valence-electron chi connectivity index (χ0n) is 15.0. The molecule has 8 heteroatoms. The van der Waals surface area contributed by atoms with Crippen molar-refractivity contribution in [3.63, 3.8) is 0 Å². The van der Waals surface area contributed by atoms with Gasteiger partial charge in [-0.3, -0.25) is 9.59 Å². The first-order valence-corrected chi connectivity index (χ1v) is 8.48. The molecule has 0 aliphatic carbocycles. The number of carbonyl (C=O) groups excluding carboxylic acids is 2. The Morgan fingerprint density at radius 3 is 2.12 bits per heavy atom. The van der Waals surface area contributed by atoms with Crippen LogP contribution in [-0.4, -0.2) is 52.7 Å². The summed E-state index contributed by atoms with van der Waals surface area (Å²) in [5, 5.41) is 23.3.